The minimum Gasteiger partial charge on any atom is -0.399 e. The number of thiazole rings is 2. The summed E-state index contributed by atoms with van der Waals surface area (Å²) in [5, 5.41) is 2.03. The molecule has 7 nitrogen and oxygen atoms in total. The quantitative estimate of drug-likeness (QED) is 0.119. The van der Waals surface area contributed by atoms with Crippen molar-refractivity contribution in [2.45, 2.75) is 38.9 Å². The molecule has 5 aromatic heterocycles. The maximum atomic E-state index is 6.30. The van der Waals surface area contributed by atoms with Crippen LogP contribution < -0.4 is 5.46 Å². The van der Waals surface area contributed by atoms with Gasteiger partial charge in [-0.15, -0.1) is 22.7 Å². The van der Waals surface area contributed by atoms with Gasteiger partial charge >= 0.3 is 7.12 Å². The van der Waals surface area contributed by atoms with E-state index in [0.717, 1.165) is 141 Å². The molecule has 6 heterocycles. The van der Waals surface area contributed by atoms with E-state index in [-0.39, 0.29) is 11.2 Å². The van der Waals surface area contributed by atoms with E-state index < -0.39 is 7.12 Å². The lowest BCUT2D eigenvalue weighted by Crippen LogP contribution is -2.41. The Bertz CT molecular complexity index is 4930. The van der Waals surface area contributed by atoms with Crippen molar-refractivity contribution < 1.29 is 9.31 Å². The lowest BCUT2D eigenvalue weighted by molar-refractivity contribution is 0.00578. The Hall–Kier alpha value is -9.63. The van der Waals surface area contributed by atoms with Gasteiger partial charge in [0.05, 0.1) is 65.8 Å². The highest BCUT2D eigenvalue weighted by Crippen LogP contribution is 2.47. The molecular formula is C83H62BBr2N5O2S2. The lowest BCUT2D eigenvalue weighted by atomic mass is 9.76. The van der Waals surface area contributed by atoms with Crippen molar-refractivity contribution in [1.29, 1.82) is 0 Å². The van der Waals surface area contributed by atoms with Crippen LogP contribution in [0.2, 0.25) is 0 Å². The fraction of sp³-hybridized carbons (Fsp3) is 0.0723. The Kier molecular flexibility index (Phi) is 18.3. The van der Waals surface area contributed by atoms with Crippen LogP contribution in [0.1, 0.15) is 27.7 Å². The minimum atomic E-state index is -0.442. The van der Waals surface area contributed by atoms with E-state index in [4.69, 9.17) is 29.2 Å². The molecule has 0 radical (unpaired) electrons. The zero-order chi connectivity index (χ0) is 64.9. The van der Waals surface area contributed by atoms with E-state index in [2.05, 4.69) is 265 Å². The van der Waals surface area contributed by atoms with Gasteiger partial charge in [0, 0.05) is 75.6 Å². The van der Waals surface area contributed by atoms with Crippen molar-refractivity contribution in [3.8, 4) is 111 Å². The number of nitrogens with zero attached hydrogens (tertiary/aromatic N) is 5. The van der Waals surface area contributed by atoms with Crippen molar-refractivity contribution in [2.24, 2.45) is 0 Å². The molecule has 10 aromatic carbocycles. The van der Waals surface area contributed by atoms with Crippen LogP contribution >= 0.6 is 54.5 Å². The number of pyridine rings is 3. The number of benzene rings is 10. The third-order valence-corrected chi connectivity index (χ3v) is 21.0. The third kappa shape index (κ3) is 13.4. The predicted octanol–water partition coefficient (Wildman–Crippen LogP) is 23.0. The zero-order valence-electron chi connectivity index (χ0n) is 52.6. The first kappa shape index (κ1) is 62.8. The molecule has 0 aliphatic carbocycles. The van der Waals surface area contributed by atoms with Crippen LogP contribution in [0, 0.1) is 0 Å². The summed E-state index contributed by atoms with van der Waals surface area (Å²) in [6, 6.07) is 104. The average Bonchev–Trinajstić information content (AvgIpc) is 1.71. The van der Waals surface area contributed by atoms with E-state index in [1.807, 2.05) is 103 Å². The largest absolute Gasteiger partial charge is 0.497 e. The molecule has 460 valence electrons. The lowest BCUT2D eigenvalue weighted by Gasteiger charge is -2.32. The molecule has 1 saturated heterocycles. The van der Waals surface area contributed by atoms with Crippen molar-refractivity contribution in [2.75, 3.05) is 0 Å². The van der Waals surface area contributed by atoms with Crippen LogP contribution in [0.5, 0.6) is 0 Å². The molecule has 0 saturated carbocycles. The molecule has 1 aliphatic heterocycles. The van der Waals surface area contributed by atoms with Gasteiger partial charge in [0.15, 0.2) is 0 Å². The highest BCUT2D eigenvalue weighted by Gasteiger charge is 2.52. The van der Waals surface area contributed by atoms with Gasteiger partial charge in [-0.25, -0.2) is 24.9 Å². The first-order chi connectivity index (χ1) is 46.4. The van der Waals surface area contributed by atoms with Crippen molar-refractivity contribution in [1.82, 2.24) is 24.9 Å². The predicted molar refractivity (Wildman–Crippen MR) is 405 cm³/mol. The molecular weight excluding hydrogens is 1330 g/mol. The number of fused-ring (bicyclic) bond motifs is 2. The van der Waals surface area contributed by atoms with Crippen molar-refractivity contribution >= 4 is 87.5 Å². The summed E-state index contributed by atoms with van der Waals surface area (Å²) in [7, 11) is -0.442. The van der Waals surface area contributed by atoms with Crippen LogP contribution in [0.15, 0.2) is 312 Å². The SMILES string of the molecule is Brc1ccc(Br)c2sc(-c3ccccc3)nc12.CC1(C)OB(c2ccc(-c3ccccc3)nc2-c2ccccc2)OC1(C)C.c1ccc(-c2ccc(-c3ccc(-c4ccc(-c5ccccc5)nc4-c4ccccc4)c4sc(-c5ccccc5)nc34)c(-c3ccccc3)n2)cc1. The smallest absolute Gasteiger partial charge is 0.399 e. The van der Waals surface area contributed by atoms with Crippen LogP contribution in [0.3, 0.4) is 0 Å². The maximum Gasteiger partial charge on any atom is 0.497 e. The van der Waals surface area contributed by atoms with E-state index >= 15 is 0 Å². The van der Waals surface area contributed by atoms with Gasteiger partial charge in [-0.2, -0.15) is 0 Å². The zero-order valence-corrected chi connectivity index (χ0v) is 57.4. The summed E-state index contributed by atoms with van der Waals surface area (Å²) in [6.45, 7) is 8.28. The molecule has 1 aliphatic rings. The van der Waals surface area contributed by atoms with E-state index in [1.165, 1.54) is 4.70 Å². The number of hydrogen-bond acceptors (Lipinski definition) is 9. The second kappa shape index (κ2) is 27.8. The van der Waals surface area contributed by atoms with E-state index in [1.54, 1.807) is 22.7 Å². The molecule has 0 spiro atoms. The Morgan fingerprint density at radius 3 is 1.02 bits per heavy atom. The summed E-state index contributed by atoms with van der Waals surface area (Å²) >= 11 is 10.5. The molecule has 15 aromatic rings. The summed E-state index contributed by atoms with van der Waals surface area (Å²) in [5.41, 5.74) is 20.7. The van der Waals surface area contributed by atoms with Crippen LogP contribution in [-0.2, 0) is 9.31 Å². The summed E-state index contributed by atoms with van der Waals surface area (Å²) < 4.78 is 17.0. The summed E-state index contributed by atoms with van der Waals surface area (Å²) in [4.78, 5) is 25.7. The average molecular weight is 1400 g/mol. The van der Waals surface area contributed by atoms with Gasteiger partial charge in [0.1, 0.15) is 10.0 Å². The Labute approximate surface area is 579 Å². The monoisotopic (exact) mass is 1390 g/mol. The topological polar surface area (TPSA) is 82.9 Å². The number of rotatable bonds is 11. The van der Waals surface area contributed by atoms with Gasteiger partial charge in [0.2, 0.25) is 0 Å². The van der Waals surface area contributed by atoms with Gasteiger partial charge in [-0.05, 0) is 108 Å². The Morgan fingerprint density at radius 1 is 0.284 bits per heavy atom. The molecule has 12 heteroatoms. The molecule has 0 unspecified atom stereocenters. The fourth-order valence-corrected chi connectivity index (χ4v) is 14.8. The Morgan fingerprint density at radius 2 is 0.600 bits per heavy atom. The Balaban J connectivity index is 0.000000146. The van der Waals surface area contributed by atoms with Crippen molar-refractivity contribution in [3.63, 3.8) is 0 Å². The molecule has 0 atom stereocenters. The highest BCUT2D eigenvalue weighted by atomic mass is 79.9. The number of halogens is 2. The molecule has 0 N–H and O–H groups in total. The molecule has 95 heavy (non-hydrogen) atoms. The van der Waals surface area contributed by atoms with Crippen LogP contribution in [0.4, 0.5) is 0 Å². The van der Waals surface area contributed by atoms with E-state index in [0.29, 0.717) is 0 Å². The first-order valence-corrected chi connectivity index (χ1v) is 34.7. The molecule has 1 fully saturated rings. The standard InChI is InChI=1S/C47H31N3S.C23H24BNO2.C13H7Br2NS/c1-6-16-32(17-7-1)41-30-28-37(43(48-41)34-20-10-3-11-21-34)38-26-27-40(46-45(38)50-47(51-46)36-24-14-5-15-25-36)39-29-31-42(33-18-8-2-9-19-33)49-44(39)35-22-12-4-13-23-35;1-22(2)23(3,4)27-24(26-22)19-15-16-20(17-11-7-5-8-12-17)25-21(19)18-13-9-6-10-14-18;14-9-6-7-10(15)12-11(9)16-13(17-12)8-4-2-1-3-5-8/h1-31H;5-16H,1-4H3;1-7H. The molecule has 0 bridgehead atoms. The molecule has 16 rings (SSSR count). The molecule has 0 amide bonds. The normalized spacial score (nSPS) is 13.0. The van der Waals surface area contributed by atoms with Gasteiger partial charge in [0.25, 0.3) is 0 Å². The highest BCUT2D eigenvalue weighted by molar-refractivity contribution is 9.11. The fourth-order valence-electron chi connectivity index (χ4n) is 11.5. The summed E-state index contributed by atoms with van der Waals surface area (Å²) in [5.74, 6) is 0. The third-order valence-electron chi connectivity index (χ3n) is 17.2. The van der Waals surface area contributed by atoms with Gasteiger partial charge < -0.3 is 9.31 Å². The van der Waals surface area contributed by atoms with E-state index in [9.17, 15) is 0 Å². The van der Waals surface area contributed by atoms with Crippen LogP contribution in [0.25, 0.3) is 131 Å². The first-order valence-electron chi connectivity index (χ1n) is 31.4. The van der Waals surface area contributed by atoms with Crippen molar-refractivity contribution in [3.05, 3.63) is 312 Å². The van der Waals surface area contributed by atoms with Gasteiger partial charge in [-0.1, -0.05) is 261 Å². The van der Waals surface area contributed by atoms with Crippen LogP contribution in [-0.4, -0.2) is 43.2 Å². The summed E-state index contributed by atoms with van der Waals surface area (Å²) in [6.07, 6.45) is 0. The maximum absolute atomic E-state index is 6.30. The second-order valence-electron chi connectivity index (χ2n) is 23.9. The second-order valence-corrected chi connectivity index (χ2v) is 27.6. The van der Waals surface area contributed by atoms with Gasteiger partial charge in [-0.3, -0.25) is 0 Å². The minimum absolute atomic E-state index is 0.385. The number of hydrogen-bond donors (Lipinski definition) is 0. The number of aromatic nitrogens is 5.